The van der Waals surface area contributed by atoms with Gasteiger partial charge in [0.25, 0.3) is 0 Å². The molecule has 1 amide bonds. The number of carbonyl (C=O) groups is 1. The van der Waals surface area contributed by atoms with E-state index < -0.39 is 0 Å². The number of nitrogens with one attached hydrogen (secondary N) is 1. The van der Waals surface area contributed by atoms with Gasteiger partial charge in [-0.3, -0.25) is 4.79 Å². The number of aliphatic hydroxyl groups is 1. The molecule has 0 spiro atoms. The van der Waals surface area contributed by atoms with Crippen LogP contribution in [0, 0.1) is 17.8 Å². The first-order valence-corrected chi connectivity index (χ1v) is 6.52. The largest absolute Gasteiger partial charge is 0.396 e. The standard InChI is InChI=1S/C13H25NO2/c1-10(2)7-8-14-13(16)12-5-3-11(9-15)4-6-12/h10-12,15H,3-9H2,1-2H3,(H,14,16). The summed E-state index contributed by atoms with van der Waals surface area (Å²) in [4.78, 5) is 11.8. The summed E-state index contributed by atoms with van der Waals surface area (Å²) in [7, 11) is 0. The van der Waals surface area contributed by atoms with Gasteiger partial charge in [-0.05, 0) is 43.9 Å². The molecule has 0 unspecified atom stereocenters. The van der Waals surface area contributed by atoms with Crippen LogP contribution in [-0.4, -0.2) is 24.2 Å². The second-order valence-electron chi connectivity index (χ2n) is 5.37. The van der Waals surface area contributed by atoms with Gasteiger partial charge in [0, 0.05) is 19.1 Å². The average Bonchev–Trinajstić information content (AvgIpc) is 2.28. The maximum Gasteiger partial charge on any atom is 0.223 e. The second kappa shape index (κ2) is 6.89. The van der Waals surface area contributed by atoms with Crippen LogP contribution in [0.25, 0.3) is 0 Å². The molecule has 0 bridgehead atoms. The third-order valence-corrected chi connectivity index (χ3v) is 3.50. The molecule has 0 aromatic heterocycles. The van der Waals surface area contributed by atoms with E-state index in [1.165, 1.54) is 0 Å². The Morgan fingerprint density at radius 1 is 1.31 bits per heavy atom. The molecule has 16 heavy (non-hydrogen) atoms. The lowest BCUT2D eigenvalue weighted by Crippen LogP contribution is -2.34. The predicted molar refractivity (Wildman–Crippen MR) is 65.0 cm³/mol. The Labute approximate surface area is 98.6 Å². The predicted octanol–water partition coefficient (Wildman–Crippen LogP) is 1.95. The Kier molecular flexibility index (Phi) is 5.81. The Hall–Kier alpha value is -0.570. The minimum Gasteiger partial charge on any atom is -0.396 e. The van der Waals surface area contributed by atoms with E-state index in [1.807, 2.05) is 0 Å². The van der Waals surface area contributed by atoms with Gasteiger partial charge in [0.15, 0.2) is 0 Å². The maximum atomic E-state index is 11.8. The van der Waals surface area contributed by atoms with Gasteiger partial charge in [0.2, 0.25) is 5.91 Å². The van der Waals surface area contributed by atoms with Crippen molar-refractivity contribution in [2.75, 3.05) is 13.2 Å². The van der Waals surface area contributed by atoms with Crippen molar-refractivity contribution in [3.63, 3.8) is 0 Å². The van der Waals surface area contributed by atoms with E-state index in [9.17, 15) is 4.79 Å². The van der Waals surface area contributed by atoms with Gasteiger partial charge in [0.05, 0.1) is 0 Å². The molecule has 0 atom stereocenters. The number of rotatable bonds is 5. The zero-order valence-electron chi connectivity index (χ0n) is 10.5. The monoisotopic (exact) mass is 227 g/mol. The van der Waals surface area contributed by atoms with Crippen LogP contribution in [0.3, 0.4) is 0 Å². The third kappa shape index (κ3) is 4.52. The van der Waals surface area contributed by atoms with E-state index in [-0.39, 0.29) is 18.4 Å². The minimum absolute atomic E-state index is 0.190. The van der Waals surface area contributed by atoms with E-state index >= 15 is 0 Å². The van der Waals surface area contributed by atoms with Gasteiger partial charge in [-0.25, -0.2) is 0 Å². The number of aliphatic hydroxyl groups excluding tert-OH is 1. The molecule has 1 aliphatic rings. The van der Waals surface area contributed by atoms with Crippen LogP contribution in [0.2, 0.25) is 0 Å². The smallest absolute Gasteiger partial charge is 0.223 e. The lowest BCUT2D eigenvalue weighted by atomic mass is 9.82. The molecule has 1 fully saturated rings. The fourth-order valence-electron chi connectivity index (χ4n) is 2.24. The molecule has 0 aromatic rings. The van der Waals surface area contributed by atoms with Crippen molar-refractivity contribution in [3.05, 3.63) is 0 Å². The Morgan fingerprint density at radius 2 is 1.94 bits per heavy atom. The van der Waals surface area contributed by atoms with Gasteiger partial charge in [0.1, 0.15) is 0 Å². The first-order valence-electron chi connectivity index (χ1n) is 6.52. The fourth-order valence-corrected chi connectivity index (χ4v) is 2.24. The van der Waals surface area contributed by atoms with Crippen molar-refractivity contribution in [1.29, 1.82) is 0 Å². The van der Waals surface area contributed by atoms with Crippen LogP contribution in [0.1, 0.15) is 46.0 Å². The molecule has 1 rings (SSSR count). The summed E-state index contributed by atoms with van der Waals surface area (Å²) in [6.45, 7) is 5.41. The number of carbonyl (C=O) groups excluding carboxylic acids is 1. The summed E-state index contributed by atoms with van der Waals surface area (Å²) in [5.74, 6) is 1.48. The summed E-state index contributed by atoms with van der Waals surface area (Å²) >= 11 is 0. The highest BCUT2D eigenvalue weighted by atomic mass is 16.3. The summed E-state index contributed by atoms with van der Waals surface area (Å²) in [5, 5.41) is 12.0. The van der Waals surface area contributed by atoms with Crippen molar-refractivity contribution < 1.29 is 9.90 Å². The highest BCUT2D eigenvalue weighted by Gasteiger charge is 2.25. The molecule has 1 aliphatic carbocycles. The maximum absolute atomic E-state index is 11.8. The Balaban J connectivity index is 2.18. The van der Waals surface area contributed by atoms with Crippen LogP contribution in [-0.2, 0) is 4.79 Å². The van der Waals surface area contributed by atoms with Crippen LogP contribution in [0.4, 0.5) is 0 Å². The lowest BCUT2D eigenvalue weighted by Gasteiger charge is -2.26. The highest BCUT2D eigenvalue weighted by molar-refractivity contribution is 5.78. The van der Waals surface area contributed by atoms with Gasteiger partial charge >= 0.3 is 0 Å². The first-order chi connectivity index (χ1) is 7.63. The molecular weight excluding hydrogens is 202 g/mol. The summed E-state index contributed by atoms with van der Waals surface area (Å²) in [6, 6.07) is 0. The van der Waals surface area contributed by atoms with Gasteiger partial charge in [-0.2, -0.15) is 0 Å². The van der Waals surface area contributed by atoms with Crippen LogP contribution in [0.15, 0.2) is 0 Å². The van der Waals surface area contributed by atoms with Crippen LogP contribution >= 0.6 is 0 Å². The molecule has 0 aliphatic heterocycles. The number of hydrogen-bond donors (Lipinski definition) is 2. The van der Waals surface area contributed by atoms with Gasteiger partial charge in [-0.15, -0.1) is 0 Å². The van der Waals surface area contributed by atoms with Crippen molar-refractivity contribution in [1.82, 2.24) is 5.32 Å². The molecule has 2 N–H and O–H groups in total. The quantitative estimate of drug-likeness (QED) is 0.754. The molecule has 3 nitrogen and oxygen atoms in total. The Morgan fingerprint density at radius 3 is 2.44 bits per heavy atom. The number of hydrogen-bond acceptors (Lipinski definition) is 2. The van der Waals surface area contributed by atoms with E-state index in [2.05, 4.69) is 19.2 Å². The minimum atomic E-state index is 0.190. The first kappa shape index (κ1) is 13.5. The van der Waals surface area contributed by atoms with E-state index in [0.29, 0.717) is 11.8 Å². The SMILES string of the molecule is CC(C)CCNC(=O)C1CCC(CO)CC1. The van der Waals surface area contributed by atoms with Crippen molar-refractivity contribution in [2.45, 2.75) is 46.0 Å². The topological polar surface area (TPSA) is 49.3 Å². The van der Waals surface area contributed by atoms with Crippen molar-refractivity contribution in [2.24, 2.45) is 17.8 Å². The molecule has 0 radical (unpaired) electrons. The molecule has 0 aromatic carbocycles. The highest BCUT2D eigenvalue weighted by Crippen LogP contribution is 2.28. The van der Waals surface area contributed by atoms with E-state index in [0.717, 1.165) is 38.6 Å². The molecule has 94 valence electrons. The fraction of sp³-hybridized carbons (Fsp3) is 0.923. The second-order valence-corrected chi connectivity index (χ2v) is 5.37. The normalized spacial score (nSPS) is 25.8. The zero-order valence-corrected chi connectivity index (χ0v) is 10.5. The summed E-state index contributed by atoms with van der Waals surface area (Å²) in [5.41, 5.74) is 0. The van der Waals surface area contributed by atoms with Crippen LogP contribution in [0.5, 0.6) is 0 Å². The summed E-state index contributed by atoms with van der Waals surface area (Å²) < 4.78 is 0. The van der Waals surface area contributed by atoms with Gasteiger partial charge in [-0.1, -0.05) is 13.8 Å². The molecule has 1 saturated carbocycles. The van der Waals surface area contributed by atoms with Crippen molar-refractivity contribution >= 4 is 5.91 Å². The van der Waals surface area contributed by atoms with Gasteiger partial charge < -0.3 is 10.4 Å². The third-order valence-electron chi connectivity index (χ3n) is 3.50. The summed E-state index contributed by atoms with van der Waals surface area (Å²) in [6.07, 6.45) is 4.94. The average molecular weight is 227 g/mol. The zero-order chi connectivity index (χ0) is 12.0. The van der Waals surface area contributed by atoms with Crippen LogP contribution < -0.4 is 5.32 Å². The number of amides is 1. The molecule has 0 heterocycles. The lowest BCUT2D eigenvalue weighted by molar-refractivity contribution is -0.126. The Bertz CT molecular complexity index is 208. The van der Waals surface area contributed by atoms with E-state index in [1.54, 1.807) is 0 Å². The van der Waals surface area contributed by atoms with E-state index in [4.69, 9.17) is 5.11 Å². The molecular formula is C13H25NO2. The van der Waals surface area contributed by atoms with Crippen molar-refractivity contribution in [3.8, 4) is 0 Å². The molecule has 3 heteroatoms. The molecule has 0 saturated heterocycles.